The average Bonchev–Trinajstić information content (AvgIpc) is 3.03. The van der Waals surface area contributed by atoms with E-state index in [4.69, 9.17) is 18.0 Å². The van der Waals surface area contributed by atoms with Crippen molar-refractivity contribution in [1.82, 2.24) is 14.5 Å². The standard InChI is InChI=1S/C12H14N4S/c1-7-4-9-12(14-5-7)16(6-10(13)17)11(15-9)8-2-3-8/h4-5,8H,2-3,6H2,1H3,(H2,13,17). The highest BCUT2D eigenvalue weighted by atomic mass is 32.1. The van der Waals surface area contributed by atoms with Gasteiger partial charge in [-0.25, -0.2) is 9.97 Å². The molecule has 3 rings (SSSR count). The zero-order valence-corrected chi connectivity index (χ0v) is 10.5. The highest BCUT2D eigenvalue weighted by molar-refractivity contribution is 7.80. The highest BCUT2D eigenvalue weighted by Crippen LogP contribution is 2.40. The Morgan fingerprint density at radius 2 is 2.35 bits per heavy atom. The zero-order chi connectivity index (χ0) is 12.0. The van der Waals surface area contributed by atoms with Crippen LogP contribution in [0.15, 0.2) is 12.3 Å². The third-order valence-corrected chi connectivity index (χ3v) is 3.14. The molecule has 1 aliphatic rings. The van der Waals surface area contributed by atoms with Crippen molar-refractivity contribution in [2.75, 3.05) is 0 Å². The highest BCUT2D eigenvalue weighted by Gasteiger charge is 2.30. The summed E-state index contributed by atoms with van der Waals surface area (Å²) in [7, 11) is 0. The first-order chi connectivity index (χ1) is 8.15. The lowest BCUT2D eigenvalue weighted by molar-refractivity contribution is 0.777. The summed E-state index contributed by atoms with van der Waals surface area (Å²) in [5.41, 5.74) is 8.62. The van der Waals surface area contributed by atoms with E-state index in [1.807, 2.05) is 13.1 Å². The van der Waals surface area contributed by atoms with Gasteiger partial charge in [0, 0.05) is 12.1 Å². The maximum absolute atomic E-state index is 5.65. The van der Waals surface area contributed by atoms with Gasteiger partial charge < -0.3 is 10.3 Å². The summed E-state index contributed by atoms with van der Waals surface area (Å²) < 4.78 is 2.06. The van der Waals surface area contributed by atoms with Crippen molar-refractivity contribution >= 4 is 28.4 Å². The van der Waals surface area contributed by atoms with E-state index in [1.54, 1.807) is 0 Å². The maximum Gasteiger partial charge on any atom is 0.160 e. The lowest BCUT2D eigenvalue weighted by atomic mass is 10.3. The Kier molecular flexibility index (Phi) is 2.36. The van der Waals surface area contributed by atoms with Crippen LogP contribution in [-0.2, 0) is 6.54 Å². The number of nitrogens with two attached hydrogens (primary N) is 1. The molecular weight excluding hydrogens is 232 g/mol. The van der Waals surface area contributed by atoms with Crippen LogP contribution in [0.3, 0.4) is 0 Å². The molecule has 88 valence electrons. The van der Waals surface area contributed by atoms with Gasteiger partial charge in [-0.15, -0.1) is 0 Å². The fraction of sp³-hybridized carbons (Fsp3) is 0.417. The van der Waals surface area contributed by atoms with Gasteiger partial charge >= 0.3 is 0 Å². The first-order valence-corrected chi connectivity index (χ1v) is 6.17. The number of hydrogen-bond acceptors (Lipinski definition) is 3. The van der Waals surface area contributed by atoms with E-state index < -0.39 is 0 Å². The number of pyridine rings is 1. The Hall–Kier alpha value is -1.49. The molecule has 0 atom stereocenters. The van der Waals surface area contributed by atoms with Gasteiger partial charge in [0.15, 0.2) is 5.65 Å². The second-order valence-electron chi connectivity index (χ2n) is 4.65. The van der Waals surface area contributed by atoms with Crippen LogP contribution in [0, 0.1) is 6.92 Å². The minimum absolute atomic E-state index is 0.480. The molecule has 0 bridgehead atoms. The summed E-state index contributed by atoms with van der Waals surface area (Å²) in [4.78, 5) is 9.60. The lowest BCUT2D eigenvalue weighted by Gasteiger charge is -2.06. The quantitative estimate of drug-likeness (QED) is 0.840. The van der Waals surface area contributed by atoms with E-state index in [9.17, 15) is 0 Å². The second kappa shape index (κ2) is 3.77. The Morgan fingerprint density at radius 1 is 1.59 bits per heavy atom. The van der Waals surface area contributed by atoms with Gasteiger partial charge in [-0.1, -0.05) is 12.2 Å². The molecule has 0 amide bonds. The van der Waals surface area contributed by atoms with E-state index >= 15 is 0 Å². The fourth-order valence-corrected chi connectivity index (χ4v) is 2.22. The van der Waals surface area contributed by atoms with Gasteiger partial charge in [-0.3, -0.25) is 0 Å². The SMILES string of the molecule is Cc1cnc2c(c1)nc(C1CC1)n2CC(N)=S. The van der Waals surface area contributed by atoms with E-state index in [2.05, 4.69) is 20.6 Å². The van der Waals surface area contributed by atoms with Crippen LogP contribution in [0.1, 0.15) is 30.1 Å². The molecule has 2 N–H and O–H groups in total. The molecule has 0 unspecified atom stereocenters. The van der Waals surface area contributed by atoms with Crippen molar-refractivity contribution in [3.8, 4) is 0 Å². The number of aryl methyl sites for hydroxylation is 1. The molecule has 1 fully saturated rings. The average molecular weight is 246 g/mol. The smallest absolute Gasteiger partial charge is 0.160 e. The van der Waals surface area contributed by atoms with Crippen LogP contribution in [0.5, 0.6) is 0 Å². The minimum atomic E-state index is 0.480. The first-order valence-electron chi connectivity index (χ1n) is 5.76. The molecule has 1 aliphatic carbocycles. The van der Waals surface area contributed by atoms with Crippen LogP contribution >= 0.6 is 12.2 Å². The van der Waals surface area contributed by atoms with Gasteiger partial charge in [-0.05, 0) is 31.4 Å². The largest absolute Gasteiger partial charge is 0.392 e. The van der Waals surface area contributed by atoms with Gasteiger partial charge in [0.1, 0.15) is 11.3 Å². The van der Waals surface area contributed by atoms with E-state index in [1.165, 1.54) is 12.8 Å². The molecule has 0 saturated heterocycles. The van der Waals surface area contributed by atoms with Crippen LogP contribution in [0.25, 0.3) is 11.2 Å². The van der Waals surface area contributed by atoms with Crippen molar-refractivity contribution in [3.63, 3.8) is 0 Å². The number of aromatic nitrogens is 3. The summed E-state index contributed by atoms with van der Waals surface area (Å²) in [5, 5.41) is 0. The van der Waals surface area contributed by atoms with Gasteiger partial charge in [0.05, 0.1) is 11.5 Å². The molecule has 0 radical (unpaired) electrons. The summed E-state index contributed by atoms with van der Waals surface area (Å²) in [6.07, 6.45) is 4.27. The monoisotopic (exact) mass is 246 g/mol. The van der Waals surface area contributed by atoms with Crippen molar-refractivity contribution in [3.05, 3.63) is 23.7 Å². The first kappa shape index (κ1) is 10.7. The third-order valence-electron chi connectivity index (χ3n) is 3.01. The Balaban J connectivity index is 2.19. The summed E-state index contributed by atoms with van der Waals surface area (Å²) in [6.45, 7) is 2.56. The number of hydrogen-bond donors (Lipinski definition) is 1. The second-order valence-corrected chi connectivity index (χ2v) is 5.18. The number of fused-ring (bicyclic) bond motifs is 1. The third kappa shape index (κ3) is 1.91. The summed E-state index contributed by atoms with van der Waals surface area (Å²) in [5.74, 6) is 1.66. The molecule has 0 aromatic carbocycles. The van der Waals surface area contributed by atoms with Crippen LogP contribution < -0.4 is 5.73 Å². The molecule has 2 aromatic rings. The molecule has 2 heterocycles. The van der Waals surface area contributed by atoms with Crippen molar-refractivity contribution in [2.24, 2.45) is 5.73 Å². The van der Waals surface area contributed by atoms with E-state index in [0.29, 0.717) is 17.5 Å². The minimum Gasteiger partial charge on any atom is -0.392 e. The summed E-state index contributed by atoms with van der Waals surface area (Å²) in [6, 6.07) is 2.06. The van der Waals surface area contributed by atoms with Crippen LogP contribution in [-0.4, -0.2) is 19.5 Å². The Bertz CT molecular complexity index is 598. The predicted octanol–water partition coefficient (Wildman–Crippen LogP) is 1.90. The van der Waals surface area contributed by atoms with Crippen LogP contribution in [0.4, 0.5) is 0 Å². The molecule has 4 nitrogen and oxygen atoms in total. The fourth-order valence-electron chi connectivity index (χ4n) is 2.09. The van der Waals surface area contributed by atoms with E-state index in [-0.39, 0.29) is 0 Å². The summed E-state index contributed by atoms with van der Waals surface area (Å²) >= 11 is 5.00. The lowest BCUT2D eigenvalue weighted by Crippen LogP contribution is -2.18. The normalized spacial score (nSPS) is 15.4. The van der Waals surface area contributed by atoms with E-state index in [0.717, 1.165) is 22.6 Å². The van der Waals surface area contributed by atoms with Crippen molar-refractivity contribution in [1.29, 1.82) is 0 Å². The van der Waals surface area contributed by atoms with Gasteiger partial charge in [0.2, 0.25) is 0 Å². The van der Waals surface area contributed by atoms with Gasteiger partial charge in [0.25, 0.3) is 0 Å². The number of rotatable bonds is 3. The molecule has 0 spiro atoms. The van der Waals surface area contributed by atoms with Crippen molar-refractivity contribution < 1.29 is 0 Å². The molecule has 5 heteroatoms. The molecule has 1 saturated carbocycles. The predicted molar refractivity (Wildman–Crippen MR) is 71.0 cm³/mol. The van der Waals surface area contributed by atoms with Crippen molar-refractivity contribution in [2.45, 2.75) is 32.2 Å². The number of nitrogens with zero attached hydrogens (tertiary/aromatic N) is 3. The zero-order valence-electron chi connectivity index (χ0n) is 9.68. The number of imidazole rings is 1. The molecule has 2 aromatic heterocycles. The Labute approximate surface area is 105 Å². The maximum atomic E-state index is 5.65. The van der Waals surface area contributed by atoms with Crippen LogP contribution in [0.2, 0.25) is 0 Å². The Morgan fingerprint density at radius 3 is 3.00 bits per heavy atom. The van der Waals surface area contributed by atoms with Gasteiger partial charge in [-0.2, -0.15) is 0 Å². The molecule has 17 heavy (non-hydrogen) atoms. The number of thiocarbonyl (C=S) groups is 1. The topological polar surface area (TPSA) is 56.7 Å². The molecule has 0 aliphatic heterocycles. The molecular formula is C12H14N4S.